The first-order chi connectivity index (χ1) is 10.6. The second-order valence-electron chi connectivity index (χ2n) is 5.44. The van der Waals surface area contributed by atoms with Crippen molar-refractivity contribution in [1.29, 1.82) is 0 Å². The molecule has 4 nitrogen and oxygen atoms in total. The molecule has 4 heteroatoms. The highest BCUT2D eigenvalue weighted by Crippen LogP contribution is 2.33. The molecule has 110 valence electrons. The van der Waals surface area contributed by atoms with Crippen LogP contribution < -0.4 is 4.90 Å². The van der Waals surface area contributed by atoms with Gasteiger partial charge in [-0.3, -0.25) is 4.79 Å². The molecule has 1 unspecified atom stereocenters. The van der Waals surface area contributed by atoms with Crippen LogP contribution in [0.25, 0.3) is 6.08 Å². The van der Waals surface area contributed by atoms with Crippen LogP contribution in [0.2, 0.25) is 0 Å². The van der Waals surface area contributed by atoms with Crippen molar-refractivity contribution in [1.82, 2.24) is 0 Å². The molecule has 1 aliphatic rings. The van der Waals surface area contributed by atoms with Crippen LogP contribution >= 0.6 is 0 Å². The van der Waals surface area contributed by atoms with Crippen molar-refractivity contribution in [2.45, 2.75) is 5.92 Å². The Hall–Kier alpha value is -2.75. The van der Waals surface area contributed by atoms with Crippen molar-refractivity contribution in [3.8, 4) is 0 Å². The molecular weight excluding hydrogens is 274 g/mol. The average molecular weight is 291 g/mol. The molecule has 0 saturated carbocycles. The molecule has 0 N–H and O–H groups in total. The number of hydrogen-bond donors (Lipinski definition) is 0. The van der Waals surface area contributed by atoms with Crippen LogP contribution in [0.15, 0.2) is 70.5 Å². The highest BCUT2D eigenvalue weighted by molar-refractivity contribution is 5.90. The number of rotatable bonds is 3. The number of carbonyl (C=O) groups excluding carboxylic acids is 1. The summed E-state index contributed by atoms with van der Waals surface area (Å²) in [6.45, 7) is 0. The SMILES string of the molecule is CN(C)c1ccc(C=C2N=NC(=O)C2c2ccccc2)cc1. The molecule has 0 saturated heterocycles. The number of nitrogens with zero attached hydrogens (tertiary/aromatic N) is 3. The van der Waals surface area contributed by atoms with Crippen LogP contribution in [0.3, 0.4) is 0 Å². The Morgan fingerprint density at radius 3 is 2.27 bits per heavy atom. The van der Waals surface area contributed by atoms with Crippen LogP contribution in [0.1, 0.15) is 17.0 Å². The van der Waals surface area contributed by atoms with E-state index in [9.17, 15) is 4.79 Å². The van der Waals surface area contributed by atoms with E-state index in [0.29, 0.717) is 5.70 Å². The van der Waals surface area contributed by atoms with Crippen molar-refractivity contribution < 1.29 is 4.79 Å². The summed E-state index contributed by atoms with van der Waals surface area (Å²) in [5, 5.41) is 7.78. The molecule has 2 aromatic carbocycles. The number of amides is 1. The largest absolute Gasteiger partial charge is 0.378 e. The second kappa shape index (κ2) is 5.93. The number of carbonyl (C=O) groups is 1. The Balaban J connectivity index is 1.92. The smallest absolute Gasteiger partial charge is 0.278 e. The van der Waals surface area contributed by atoms with Gasteiger partial charge < -0.3 is 4.90 Å². The fourth-order valence-electron chi connectivity index (χ4n) is 2.46. The maximum absolute atomic E-state index is 12.0. The minimum Gasteiger partial charge on any atom is -0.378 e. The van der Waals surface area contributed by atoms with E-state index in [-0.39, 0.29) is 5.91 Å². The highest BCUT2D eigenvalue weighted by Gasteiger charge is 2.29. The number of hydrogen-bond acceptors (Lipinski definition) is 3. The zero-order valence-electron chi connectivity index (χ0n) is 12.6. The molecule has 1 heterocycles. The highest BCUT2D eigenvalue weighted by atomic mass is 16.2. The van der Waals surface area contributed by atoms with E-state index < -0.39 is 5.92 Å². The summed E-state index contributed by atoms with van der Waals surface area (Å²) in [4.78, 5) is 14.1. The molecule has 0 fully saturated rings. The Kier molecular flexibility index (Phi) is 3.83. The van der Waals surface area contributed by atoms with Gasteiger partial charge in [-0.05, 0) is 29.3 Å². The van der Waals surface area contributed by atoms with E-state index in [0.717, 1.165) is 16.8 Å². The molecular formula is C18H17N3O. The van der Waals surface area contributed by atoms with Gasteiger partial charge in [-0.1, -0.05) is 42.5 Å². The van der Waals surface area contributed by atoms with E-state index in [1.54, 1.807) is 0 Å². The summed E-state index contributed by atoms with van der Waals surface area (Å²) >= 11 is 0. The Labute approximate surface area is 129 Å². The molecule has 22 heavy (non-hydrogen) atoms. The summed E-state index contributed by atoms with van der Waals surface area (Å²) in [7, 11) is 4.01. The molecule has 2 aromatic rings. The molecule has 0 aliphatic carbocycles. The van der Waals surface area contributed by atoms with Crippen LogP contribution in [-0.4, -0.2) is 20.0 Å². The van der Waals surface area contributed by atoms with Gasteiger partial charge in [-0.25, -0.2) is 0 Å². The van der Waals surface area contributed by atoms with Crippen LogP contribution in [-0.2, 0) is 4.79 Å². The fraction of sp³-hybridized carbons (Fsp3) is 0.167. The number of azo groups is 1. The normalized spacial score (nSPS) is 18.9. The minimum absolute atomic E-state index is 0.206. The fourth-order valence-corrected chi connectivity index (χ4v) is 2.46. The lowest BCUT2D eigenvalue weighted by atomic mass is 9.95. The zero-order chi connectivity index (χ0) is 15.5. The lowest BCUT2D eigenvalue weighted by Gasteiger charge is -2.12. The van der Waals surface area contributed by atoms with E-state index in [4.69, 9.17) is 0 Å². The quantitative estimate of drug-likeness (QED) is 0.861. The number of anilines is 1. The monoisotopic (exact) mass is 291 g/mol. The molecule has 1 aliphatic heterocycles. The first-order valence-electron chi connectivity index (χ1n) is 7.14. The molecule has 0 aromatic heterocycles. The lowest BCUT2D eigenvalue weighted by molar-refractivity contribution is -0.118. The van der Waals surface area contributed by atoms with E-state index in [2.05, 4.69) is 10.2 Å². The first kappa shape index (κ1) is 14.2. The molecule has 0 spiro atoms. The molecule has 1 amide bonds. The minimum atomic E-state index is -0.394. The van der Waals surface area contributed by atoms with Gasteiger partial charge in [0.2, 0.25) is 0 Å². The lowest BCUT2D eigenvalue weighted by Crippen LogP contribution is -2.08. The molecule has 0 radical (unpaired) electrons. The summed E-state index contributed by atoms with van der Waals surface area (Å²) in [6, 6.07) is 17.8. The van der Waals surface area contributed by atoms with Gasteiger partial charge in [-0.15, -0.1) is 5.11 Å². The standard InChI is InChI=1S/C18H17N3O/c1-21(2)15-10-8-13(9-11-15)12-16-17(18(22)20-19-16)14-6-4-3-5-7-14/h3-12,17H,1-2H3. The van der Waals surface area contributed by atoms with Gasteiger partial charge in [0.05, 0.1) is 5.70 Å². The maximum atomic E-state index is 12.0. The van der Waals surface area contributed by atoms with E-state index in [1.165, 1.54) is 0 Å². The summed E-state index contributed by atoms with van der Waals surface area (Å²) in [5.74, 6) is -0.600. The summed E-state index contributed by atoms with van der Waals surface area (Å²) < 4.78 is 0. The predicted molar refractivity (Wildman–Crippen MR) is 87.8 cm³/mol. The molecule has 1 atom stereocenters. The maximum Gasteiger partial charge on any atom is 0.278 e. The zero-order valence-corrected chi connectivity index (χ0v) is 12.6. The summed E-state index contributed by atoms with van der Waals surface area (Å²) in [6.07, 6.45) is 1.92. The number of benzene rings is 2. The van der Waals surface area contributed by atoms with Gasteiger partial charge >= 0.3 is 0 Å². The van der Waals surface area contributed by atoms with Crippen molar-refractivity contribution >= 4 is 17.7 Å². The Morgan fingerprint density at radius 2 is 1.64 bits per heavy atom. The average Bonchev–Trinajstić information content (AvgIpc) is 2.89. The Morgan fingerprint density at radius 1 is 0.955 bits per heavy atom. The van der Waals surface area contributed by atoms with Gasteiger partial charge in [0.1, 0.15) is 5.92 Å². The van der Waals surface area contributed by atoms with E-state index >= 15 is 0 Å². The topological polar surface area (TPSA) is 45.0 Å². The molecule has 0 bridgehead atoms. The van der Waals surface area contributed by atoms with Crippen molar-refractivity contribution in [2.24, 2.45) is 10.2 Å². The molecule has 3 rings (SSSR count). The third-order valence-electron chi connectivity index (χ3n) is 3.66. The van der Waals surface area contributed by atoms with Crippen molar-refractivity contribution in [3.63, 3.8) is 0 Å². The third-order valence-corrected chi connectivity index (χ3v) is 3.66. The predicted octanol–water partition coefficient (Wildman–Crippen LogP) is 3.87. The van der Waals surface area contributed by atoms with Gasteiger partial charge in [0.15, 0.2) is 0 Å². The van der Waals surface area contributed by atoms with Crippen LogP contribution in [0.5, 0.6) is 0 Å². The van der Waals surface area contributed by atoms with Crippen molar-refractivity contribution in [2.75, 3.05) is 19.0 Å². The first-order valence-corrected chi connectivity index (χ1v) is 7.14. The van der Waals surface area contributed by atoms with Crippen LogP contribution in [0, 0.1) is 0 Å². The van der Waals surface area contributed by atoms with E-state index in [1.807, 2.05) is 79.7 Å². The van der Waals surface area contributed by atoms with Gasteiger partial charge in [0.25, 0.3) is 5.91 Å². The second-order valence-corrected chi connectivity index (χ2v) is 5.44. The Bertz CT molecular complexity index is 731. The van der Waals surface area contributed by atoms with Crippen molar-refractivity contribution in [3.05, 3.63) is 71.4 Å². The van der Waals surface area contributed by atoms with Crippen LogP contribution in [0.4, 0.5) is 5.69 Å². The van der Waals surface area contributed by atoms with Gasteiger partial charge in [0, 0.05) is 19.8 Å². The summed E-state index contributed by atoms with van der Waals surface area (Å²) in [5.41, 5.74) is 3.75. The van der Waals surface area contributed by atoms with Gasteiger partial charge in [-0.2, -0.15) is 5.11 Å². The third kappa shape index (κ3) is 2.81.